The van der Waals surface area contributed by atoms with Gasteiger partial charge in [-0.3, -0.25) is 0 Å². The third-order valence-electron chi connectivity index (χ3n) is 3.95. The molecule has 2 aromatic rings. The first-order valence-electron chi connectivity index (χ1n) is 8.18. The number of hydrogen-bond donors (Lipinski definition) is 2. The number of hydrogen-bond acceptors (Lipinski definition) is 4. The zero-order valence-corrected chi connectivity index (χ0v) is 13.6. The van der Waals surface area contributed by atoms with E-state index in [0.29, 0.717) is 11.6 Å². The van der Waals surface area contributed by atoms with Gasteiger partial charge in [-0.1, -0.05) is 0 Å². The van der Waals surface area contributed by atoms with Gasteiger partial charge in [-0.05, 0) is 37.5 Å². The molecular weight excluding hydrogens is 328 g/mol. The van der Waals surface area contributed by atoms with Crippen molar-refractivity contribution in [2.45, 2.75) is 25.8 Å². The van der Waals surface area contributed by atoms with Crippen molar-refractivity contribution in [3.63, 3.8) is 0 Å². The topological polar surface area (TPSA) is 70.2 Å². The average molecular weight is 347 g/mol. The molecule has 1 aliphatic rings. The summed E-state index contributed by atoms with van der Waals surface area (Å²) in [4.78, 5) is 22.7. The molecule has 132 valence electrons. The molecule has 0 spiro atoms. The molecule has 1 aromatic carbocycles. The van der Waals surface area contributed by atoms with E-state index >= 15 is 0 Å². The highest BCUT2D eigenvalue weighted by molar-refractivity contribution is 5.89. The van der Waals surface area contributed by atoms with Crippen molar-refractivity contribution in [3.8, 4) is 0 Å². The Morgan fingerprint density at radius 2 is 1.96 bits per heavy atom. The monoisotopic (exact) mass is 347 g/mol. The number of piperidine rings is 1. The number of carbonyl (C=O) groups excluding carboxylic acids is 1. The van der Waals surface area contributed by atoms with Gasteiger partial charge >= 0.3 is 6.03 Å². The average Bonchev–Trinajstić information content (AvgIpc) is 2.64. The number of amides is 2. The van der Waals surface area contributed by atoms with Crippen molar-refractivity contribution < 1.29 is 13.6 Å². The second-order valence-corrected chi connectivity index (χ2v) is 5.83. The van der Waals surface area contributed by atoms with Gasteiger partial charge < -0.3 is 15.5 Å². The summed E-state index contributed by atoms with van der Waals surface area (Å²) in [6.07, 6.45) is 5.10. The van der Waals surface area contributed by atoms with E-state index in [-0.39, 0.29) is 12.2 Å². The summed E-state index contributed by atoms with van der Waals surface area (Å²) in [5.41, 5.74) is 0.430. The van der Waals surface area contributed by atoms with Gasteiger partial charge in [0, 0.05) is 25.4 Å². The second-order valence-electron chi connectivity index (χ2n) is 5.83. The van der Waals surface area contributed by atoms with Gasteiger partial charge in [-0.25, -0.2) is 23.5 Å². The third kappa shape index (κ3) is 4.62. The molecule has 6 nitrogen and oxygen atoms in total. The molecule has 0 bridgehead atoms. The van der Waals surface area contributed by atoms with E-state index < -0.39 is 17.7 Å². The molecule has 2 heterocycles. The summed E-state index contributed by atoms with van der Waals surface area (Å²) in [6.45, 7) is 2.01. The fourth-order valence-corrected chi connectivity index (χ4v) is 2.66. The number of aromatic nitrogens is 2. The maximum atomic E-state index is 13.5. The van der Waals surface area contributed by atoms with Crippen LogP contribution in [0.5, 0.6) is 0 Å². The van der Waals surface area contributed by atoms with Gasteiger partial charge in [-0.15, -0.1) is 0 Å². The van der Waals surface area contributed by atoms with E-state index in [1.165, 1.54) is 6.42 Å². The smallest absolute Gasteiger partial charge is 0.319 e. The van der Waals surface area contributed by atoms with E-state index in [4.69, 9.17) is 0 Å². The van der Waals surface area contributed by atoms with E-state index in [0.717, 1.165) is 44.1 Å². The van der Waals surface area contributed by atoms with Gasteiger partial charge in [0.15, 0.2) is 0 Å². The summed E-state index contributed by atoms with van der Waals surface area (Å²) in [7, 11) is 0. The van der Waals surface area contributed by atoms with Crippen LogP contribution < -0.4 is 15.5 Å². The van der Waals surface area contributed by atoms with Gasteiger partial charge in [0.25, 0.3) is 0 Å². The lowest BCUT2D eigenvalue weighted by Gasteiger charge is -2.26. The van der Waals surface area contributed by atoms with E-state index in [1.807, 2.05) is 0 Å². The van der Waals surface area contributed by atoms with Crippen LogP contribution in [0, 0.1) is 11.6 Å². The molecule has 1 saturated heterocycles. The highest BCUT2D eigenvalue weighted by atomic mass is 19.1. The van der Waals surface area contributed by atoms with E-state index in [2.05, 4.69) is 25.5 Å². The molecular formula is C17H19F2N5O. The standard InChI is InChI=1S/C17H19F2N5O/c18-12-4-5-14(19)15(10-12)23-17(25)21-11-13-6-7-20-16(22-13)24-8-2-1-3-9-24/h4-7,10H,1-3,8-9,11H2,(H2,21,23,25). The van der Waals surface area contributed by atoms with E-state index in [9.17, 15) is 13.6 Å². The molecule has 0 aliphatic carbocycles. The predicted octanol–water partition coefficient (Wildman–Crippen LogP) is 3.07. The number of nitrogens with zero attached hydrogens (tertiary/aromatic N) is 3. The van der Waals surface area contributed by atoms with Crippen molar-refractivity contribution in [3.05, 3.63) is 47.8 Å². The molecule has 1 aromatic heterocycles. The molecule has 0 radical (unpaired) electrons. The molecule has 3 rings (SSSR count). The van der Waals surface area contributed by atoms with Crippen LogP contribution in [-0.2, 0) is 6.54 Å². The minimum atomic E-state index is -0.703. The van der Waals surface area contributed by atoms with Crippen LogP contribution in [0.4, 0.5) is 25.2 Å². The fraction of sp³-hybridized carbons (Fsp3) is 0.353. The van der Waals surface area contributed by atoms with Crippen LogP contribution in [-0.4, -0.2) is 29.1 Å². The first-order valence-corrected chi connectivity index (χ1v) is 8.18. The number of urea groups is 1. The Kier molecular flexibility index (Phi) is 5.37. The molecule has 0 atom stereocenters. The van der Waals surface area contributed by atoms with Crippen molar-refractivity contribution >= 4 is 17.7 Å². The molecule has 2 amide bonds. The first kappa shape index (κ1) is 17.1. The second kappa shape index (κ2) is 7.87. The number of halogens is 2. The zero-order chi connectivity index (χ0) is 17.6. The normalized spacial score (nSPS) is 14.2. The SMILES string of the molecule is O=C(NCc1ccnc(N2CCCCC2)n1)Nc1cc(F)ccc1F. The highest BCUT2D eigenvalue weighted by Crippen LogP contribution is 2.16. The molecule has 0 unspecified atom stereocenters. The summed E-state index contributed by atoms with van der Waals surface area (Å²) in [5, 5.41) is 4.86. The van der Waals surface area contributed by atoms with Gasteiger partial charge in [-0.2, -0.15) is 0 Å². The van der Waals surface area contributed by atoms with Crippen molar-refractivity contribution in [2.24, 2.45) is 0 Å². The largest absolute Gasteiger partial charge is 0.341 e. The fourth-order valence-electron chi connectivity index (χ4n) is 2.66. The number of anilines is 2. The summed E-state index contributed by atoms with van der Waals surface area (Å²) < 4.78 is 26.6. The lowest BCUT2D eigenvalue weighted by Crippen LogP contribution is -2.32. The van der Waals surface area contributed by atoms with Gasteiger partial charge in [0.1, 0.15) is 11.6 Å². The summed E-state index contributed by atoms with van der Waals surface area (Å²) in [6, 6.07) is 3.94. The maximum absolute atomic E-state index is 13.5. The van der Waals surface area contributed by atoms with E-state index in [1.54, 1.807) is 12.3 Å². The molecule has 0 saturated carbocycles. The minimum absolute atomic E-state index is 0.159. The third-order valence-corrected chi connectivity index (χ3v) is 3.95. The predicted molar refractivity (Wildman–Crippen MR) is 90.3 cm³/mol. The Hall–Kier alpha value is -2.77. The van der Waals surface area contributed by atoms with Crippen LogP contribution in [0.15, 0.2) is 30.5 Å². The summed E-state index contributed by atoms with van der Waals surface area (Å²) >= 11 is 0. The van der Waals surface area contributed by atoms with Crippen LogP contribution in [0.2, 0.25) is 0 Å². The lowest BCUT2D eigenvalue weighted by atomic mass is 10.1. The maximum Gasteiger partial charge on any atom is 0.319 e. The Morgan fingerprint density at radius 3 is 2.76 bits per heavy atom. The Labute approximate surface area is 144 Å². The molecule has 25 heavy (non-hydrogen) atoms. The number of carbonyl (C=O) groups is 1. The van der Waals surface area contributed by atoms with Crippen LogP contribution in [0.25, 0.3) is 0 Å². The van der Waals surface area contributed by atoms with Crippen LogP contribution in [0.3, 0.4) is 0 Å². The quantitative estimate of drug-likeness (QED) is 0.892. The molecule has 1 aliphatic heterocycles. The van der Waals surface area contributed by atoms with Crippen molar-refractivity contribution in [1.29, 1.82) is 0 Å². The van der Waals surface area contributed by atoms with Gasteiger partial charge in [0.05, 0.1) is 17.9 Å². The Morgan fingerprint density at radius 1 is 1.16 bits per heavy atom. The first-order chi connectivity index (χ1) is 12.1. The lowest BCUT2D eigenvalue weighted by molar-refractivity contribution is 0.251. The Balaban J connectivity index is 1.57. The minimum Gasteiger partial charge on any atom is -0.341 e. The summed E-state index contributed by atoms with van der Waals surface area (Å²) in [5.74, 6) is -0.680. The van der Waals surface area contributed by atoms with Crippen molar-refractivity contribution in [1.82, 2.24) is 15.3 Å². The molecule has 1 fully saturated rings. The zero-order valence-electron chi connectivity index (χ0n) is 13.6. The molecule has 8 heteroatoms. The van der Waals surface area contributed by atoms with Crippen molar-refractivity contribution in [2.75, 3.05) is 23.3 Å². The number of nitrogens with one attached hydrogen (secondary N) is 2. The molecule has 2 N–H and O–H groups in total. The van der Waals surface area contributed by atoms with Gasteiger partial charge in [0.2, 0.25) is 5.95 Å². The van der Waals surface area contributed by atoms with Crippen LogP contribution in [0.1, 0.15) is 25.0 Å². The Bertz CT molecular complexity index is 750. The highest BCUT2D eigenvalue weighted by Gasteiger charge is 2.14. The van der Waals surface area contributed by atoms with Crippen LogP contribution >= 0.6 is 0 Å². The number of rotatable bonds is 4. The number of benzene rings is 1.